The van der Waals surface area contributed by atoms with Crippen LogP contribution in [0, 0.1) is 11.8 Å². The second-order valence-electron chi connectivity index (χ2n) is 14.4. The minimum Gasteiger partial charge on any atom is -0.497 e. The van der Waals surface area contributed by atoms with Crippen molar-refractivity contribution in [2.24, 2.45) is 11.8 Å². The third-order valence-electron chi connectivity index (χ3n) is 11.5. The summed E-state index contributed by atoms with van der Waals surface area (Å²) < 4.78 is 80.8. The maximum atomic E-state index is 14.7. The van der Waals surface area contributed by atoms with Gasteiger partial charge >= 0.3 is 12.1 Å². The molecule has 4 fully saturated rings. The number of aliphatic carboxylic acids is 1. The number of carboxylic acid groups (broad SMARTS) is 1. The van der Waals surface area contributed by atoms with E-state index in [0.29, 0.717) is 75.3 Å². The summed E-state index contributed by atoms with van der Waals surface area (Å²) in [6.07, 6.45) is -3.02. The Balaban J connectivity index is 1.28. The van der Waals surface area contributed by atoms with E-state index in [9.17, 15) is 36.6 Å². The van der Waals surface area contributed by atoms with E-state index in [1.54, 1.807) is 14.2 Å². The van der Waals surface area contributed by atoms with Gasteiger partial charge in [-0.05, 0) is 67.5 Å². The van der Waals surface area contributed by atoms with Gasteiger partial charge in [0.1, 0.15) is 5.75 Å². The Hall–Kier alpha value is -3.45. The molecule has 50 heavy (non-hydrogen) atoms. The van der Waals surface area contributed by atoms with Crippen LogP contribution in [0.2, 0.25) is 0 Å². The van der Waals surface area contributed by atoms with Crippen LogP contribution >= 0.6 is 0 Å². The minimum atomic E-state index is -4.55. The number of alkyl halides is 5. The van der Waals surface area contributed by atoms with Crippen LogP contribution in [0.4, 0.5) is 27.6 Å². The lowest BCUT2D eigenvalue weighted by molar-refractivity contribution is -0.142. The summed E-state index contributed by atoms with van der Waals surface area (Å²) >= 11 is 0. The van der Waals surface area contributed by atoms with Crippen LogP contribution in [0.1, 0.15) is 73.5 Å². The number of carbonyl (C=O) groups excluding carboxylic acids is 1. The molecule has 1 amide bonds. The smallest absolute Gasteiger partial charge is 0.416 e. The Kier molecular flexibility index (Phi) is 10.7. The van der Waals surface area contributed by atoms with E-state index < -0.39 is 35.5 Å². The first-order valence-electron chi connectivity index (χ1n) is 17.5. The van der Waals surface area contributed by atoms with Crippen LogP contribution < -0.4 is 9.64 Å². The van der Waals surface area contributed by atoms with Crippen molar-refractivity contribution in [2.45, 2.75) is 81.0 Å². The Morgan fingerprint density at radius 2 is 1.62 bits per heavy atom. The predicted molar refractivity (Wildman–Crippen MR) is 177 cm³/mol. The number of hydrogen-bond donors (Lipinski definition) is 1. The van der Waals surface area contributed by atoms with Gasteiger partial charge in [-0.1, -0.05) is 18.2 Å². The molecule has 1 aliphatic carbocycles. The highest BCUT2D eigenvalue weighted by molar-refractivity contribution is 5.82. The number of rotatable bonds is 9. The van der Waals surface area contributed by atoms with Crippen molar-refractivity contribution in [3.05, 3.63) is 59.2 Å². The Labute approximate surface area is 289 Å². The van der Waals surface area contributed by atoms with Crippen molar-refractivity contribution in [2.75, 3.05) is 58.5 Å². The van der Waals surface area contributed by atoms with E-state index in [2.05, 4.69) is 4.90 Å². The monoisotopic (exact) mass is 707 g/mol. The predicted octanol–water partition coefficient (Wildman–Crippen LogP) is 6.64. The molecule has 6 rings (SSSR count). The number of piperidine rings is 1. The highest BCUT2D eigenvalue weighted by Crippen LogP contribution is 2.45. The molecular weight excluding hydrogens is 661 g/mol. The largest absolute Gasteiger partial charge is 0.497 e. The molecule has 3 aliphatic heterocycles. The van der Waals surface area contributed by atoms with E-state index in [4.69, 9.17) is 9.47 Å². The van der Waals surface area contributed by atoms with Crippen LogP contribution in [0.5, 0.6) is 5.75 Å². The average molecular weight is 708 g/mol. The molecule has 3 heterocycles. The van der Waals surface area contributed by atoms with Crippen molar-refractivity contribution >= 4 is 17.6 Å². The van der Waals surface area contributed by atoms with Crippen LogP contribution in [0.25, 0.3) is 0 Å². The first-order chi connectivity index (χ1) is 23.8. The molecule has 1 N–H and O–H groups in total. The lowest BCUT2D eigenvalue weighted by atomic mass is 9.87. The summed E-state index contributed by atoms with van der Waals surface area (Å²) in [5.41, 5.74) is 1.31. The number of methoxy groups -OCH3 is 2. The number of anilines is 1. The van der Waals surface area contributed by atoms with Crippen LogP contribution in [-0.2, 0) is 20.5 Å². The summed E-state index contributed by atoms with van der Waals surface area (Å²) in [5, 5.41) is 9.49. The molecule has 8 nitrogen and oxygen atoms in total. The first-order valence-corrected chi connectivity index (χ1v) is 17.5. The van der Waals surface area contributed by atoms with E-state index in [1.807, 2.05) is 34.1 Å². The molecule has 13 heteroatoms. The Bertz CT molecular complexity index is 1500. The van der Waals surface area contributed by atoms with Crippen molar-refractivity contribution < 1.29 is 46.1 Å². The minimum absolute atomic E-state index is 0.0470. The van der Waals surface area contributed by atoms with E-state index in [1.165, 1.54) is 6.07 Å². The van der Waals surface area contributed by atoms with E-state index in [-0.39, 0.29) is 55.8 Å². The molecule has 0 spiro atoms. The van der Waals surface area contributed by atoms with Crippen LogP contribution in [-0.4, -0.2) is 98.3 Å². The molecule has 4 aliphatic rings. The number of ether oxygens (including phenoxy) is 2. The lowest BCUT2D eigenvalue weighted by Crippen LogP contribution is -2.44. The first kappa shape index (κ1) is 36.3. The van der Waals surface area contributed by atoms with Crippen LogP contribution in [0.3, 0.4) is 0 Å². The number of hydrogen-bond acceptors (Lipinski definition) is 6. The molecule has 4 atom stereocenters. The number of likely N-dealkylation sites (tertiary alicyclic amines) is 2. The molecule has 1 unspecified atom stereocenters. The molecule has 2 aromatic rings. The fourth-order valence-corrected chi connectivity index (χ4v) is 8.64. The van der Waals surface area contributed by atoms with Gasteiger partial charge in [0.15, 0.2) is 0 Å². The Morgan fingerprint density at radius 3 is 2.22 bits per heavy atom. The second-order valence-corrected chi connectivity index (χ2v) is 14.4. The quantitative estimate of drug-likeness (QED) is 0.293. The summed E-state index contributed by atoms with van der Waals surface area (Å²) in [6, 6.07) is 11.0. The third kappa shape index (κ3) is 7.73. The van der Waals surface area contributed by atoms with Crippen molar-refractivity contribution in [1.29, 1.82) is 0 Å². The zero-order valence-corrected chi connectivity index (χ0v) is 28.5. The second kappa shape index (κ2) is 14.7. The lowest BCUT2D eigenvalue weighted by Gasteiger charge is -2.35. The molecule has 0 bridgehead atoms. The zero-order valence-electron chi connectivity index (χ0n) is 28.5. The van der Waals surface area contributed by atoms with Crippen LogP contribution in [0.15, 0.2) is 42.5 Å². The number of benzene rings is 2. The van der Waals surface area contributed by atoms with E-state index in [0.717, 1.165) is 17.7 Å². The van der Waals surface area contributed by atoms with Crippen molar-refractivity contribution in [3.63, 3.8) is 0 Å². The standard InChI is InChI=1S/C37H46F5N3O5/c1-49-22-28-17-25(30-8-5-26(37(40,41)42)18-33(30)43-15-11-24(12-16-43)35(47)48)19-45(28)34(46)32-21-44(27-9-13-36(38,39)14-10-27)20-31(32)23-3-6-29(50-2)7-4-23/h3-8,18,24-25,27-28,31-32H,9-17,19-22H2,1-2H3,(H,47,48)/t25-,28+,31+,32?/m1/s1. The molecule has 3 saturated heterocycles. The van der Waals surface area contributed by atoms with Gasteiger partial charge in [-0.3, -0.25) is 14.5 Å². The molecule has 0 radical (unpaired) electrons. The average Bonchev–Trinajstić information content (AvgIpc) is 3.73. The summed E-state index contributed by atoms with van der Waals surface area (Å²) in [5.74, 6) is -4.41. The molecule has 0 aromatic heterocycles. The molecule has 2 aromatic carbocycles. The highest BCUT2D eigenvalue weighted by Gasteiger charge is 2.48. The summed E-state index contributed by atoms with van der Waals surface area (Å²) in [4.78, 5) is 32.2. The maximum absolute atomic E-state index is 14.7. The number of carbonyl (C=O) groups is 2. The molecular formula is C37H46F5N3O5. The van der Waals surface area contributed by atoms with Crippen molar-refractivity contribution in [1.82, 2.24) is 9.80 Å². The fraction of sp³-hybridized carbons (Fsp3) is 0.622. The zero-order chi connectivity index (χ0) is 35.8. The van der Waals surface area contributed by atoms with Gasteiger partial charge in [0, 0.05) is 76.2 Å². The normalized spacial score (nSPS) is 26.8. The highest BCUT2D eigenvalue weighted by atomic mass is 19.4. The topological polar surface area (TPSA) is 82.5 Å². The third-order valence-corrected chi connectivity index (χ3v) is 11.5. The number of nitrogens with zero attached hydrogens (tertiary/aromatic N) is 3. The summed E-state index contributed by atoms with van der Waals surface area (Å²) in [6.45, 7) is 2.16. The van der Waals surface area contributed by atoms with Gasteiger partial charge in [0.25, 0.3) is 0 Å². The van der Waals surface area contributed by atoms with Gasteiger partial charge in [-0.25, -0.2) is 8.78 Å². The fourth-order valence-electron chi connectivity index (χ4n) is 8.64. The number of halogens is 5. The summed E-state index contributed by atoms with van der Waals surface area (Å²) in [7, 11) is 3.14. The van der Waals surface area contributed by atoms with Gasteiger partial charge in [0.2, 0.25) is 11.8 Å². The van der Waals surface area contributed by atoms with Gasteiger partial charge in [-0.15, -0.1) is 0 Å². The molecule has 1 saturated carbocycles. The number of carboxylic acids is 1. The maximum Gasteiger partial charge on any atom is 0.416 e. The van der Waals surface area contributed by atoms with Gasteiger partial charge < -0.3 is 24.4 Å². The number of amides is 1. The SMILES string of the molecule is COC[C@@H]1C[C@@H](c2ccc(C(F)(F)F)cc2N2CCC(C(=O)O)CC2)CN1C(=O)C1CN(C2CCC(F)(F)CC2)C[C@H]1c1ccc(OC)cc1. The van der Waals surface area contributed by atoms with Gasteiger partial charge in [-0.2, -0.15) is 13.2 Å². The van der Waals surface area contributed by atoms with Gasteiger partial charge in [0.05, 0.1) is 37.2 Å². The van der Waals surface area contributed by atoms with Crippen molar-refractivity contribution in [3.8, 4) is 5.75 Å². The van der Waals surface area contributed by atoms with E-state index >= 15 is 0 Å². The molecule has 274 valence electrons. The Morgan fingerprint density at radius 1 is 0.940 bits per heavy atom.